The number of guanidine groups is 1. The lowest BCUT2D eigenvalue weighted by Gasteiger charge is -2.26. The molecule has 0 amide bonds. The number of nitrogens with zero attached hydrogens (tertiary/aromatic N) is 3. The number of aromatic nitrogens is 1. The first-order valence-corrected chi connectivity index (χ1v) is 9.57. The van der Waals surface area contributed by atoms with Gasteiger partial charge in [0.05, 0.1) is 23.9 Å². The lowest BCUT2D eigenvalue weighted by atomic mass is 10.1. The molecule has 150 valence electrons. The molecule has 0 fully saturated rings. The summed E-state index contributed by atoms with van der Waals surface area (Å²) in [7, 11) is 7.64. The number of aryl methyl sites for hydroxylation is 1. The van der Waals surface area contributed by atoms with Gasteiger partial charge < -0.3 is 20.3 Å². The largest absolute Gasteiger partial charge is 0.497 e. The Balaban J connectivity index is 0.00000364. The zero-order chi connectivity index (χ0) is 18.9. The van der Waals surface area contributed by atoms with Gasteiger partial charge in [-0.2, -0.15) is 0 Å². The average molecular weight is 503 g/mol. The van der Waals surface area contributed by atoms with Gasteiger partial charge in [-0.25, -0.2) is 4.98 Å². The van der Waals surface area contributed by atoms with Crippen LogP contribution >= 0.6 is 35.3 Å². The smallest absolute Gasteiger partial charge is 0.191 e. The maximum atomic E-state index is 5.24. The Morgan fingerprint density at radius 2 is 1.96 bits per heavy atom. The Kier molecular flexibility index (Phi) is 10.6. The Labute approximate surface area is 183 Å². The van der Waals surface area contributed by atoms with E-state index in [1.54, 1.807) is 25.5 Å². The highest BCUT2D eigenvalue weighted by Crippen LogP contribution is 2.20. The fourth-order valence-corrected chi connectivity index (χ4v) is 3.32. The predicted octanol–water partition coefficient (Wildman–Crippen LogP) is 3.09. The Hall–Kier alpha value is -1.39. The summed E-state index contributed by atoms with van der Waals surface area (Å²) in [5, 5.41) is 9.99. The van der Waals surface area contributed by atoms with Crippen molar-refractivity contribution in [2.45, 2.75) is 19.4 Å². The number of likely N-dealkylation sites (N-methyl/N-ethyl adjacent to an activating group) is 1. The molecule has 8 heteroatoms. The van der Waals surface area contributed by atoms with E-state index < -0.39 is 0 Å². The standard InChI is InChI=1S/C19H29N5OS.HI/c1-14-23-16(13-26-14)10-11-21-19(20-2)22-12-18(24(3)4)15-6-8-17(25-5)9-7-15;/h6-9,13,18H,10-12H2,1-5H3,(H2,20,21,22);1H. The summed E-state index contributed by atoms with van der Waals surface area (Å²) in [6.45, 7) is 3.59. The van der Waals surface area contributed by atoms with Gasteiger partial charge in [-0.3, -0.25) is 4.99 Å². The molecule has 0 spiro atoms. The number of thiazole rings is 1. The van der Waals surface area contributed by atoms with Crippen molar-refractivity contribution in [1.82, 2.24) is 20.5 Å². The van der Waals surface area contributed by atoms with Crippen molar-refractivity contribution in [2.24, 2.45) is 4.99 Å². The van der Waals surface area contributed by atoms with Crippen LogP contribution < -0.4 is 15.4 Å². The van der Waals surface area contributed by atoms with Crippen molar-refractivity contribution in [2.75, 3.05) is 41.3 Å². The molecular formula is C19H30IN5OS. The molecule has 0 radical (unpaired) electrons. The average Bonchev–Trinajstić information content (AvgIpc) is 3.05. The molecule has 1 heterocycles. The summed E-state index contributed by atoms with van der Waals surface area (Å²) < 4.78 is 5.24. The van der Waals surface area contributed by atoms with Gasteiger partial charge in [0.15, 0.2) is 5.96 Å². The van der Waals surface area contributed by atoms with E-state index in [-0.39, 0.29) is 30.0 Å². The maximum Gasteiger partial charge on any atom is 0.191 e. The number of halogens is 1. The van der Waals surface area contributed by atoms with Crippen molar-refractivity contribution in [1.29, 1.82) is 0 Å². The molecule has 1 aromatic heterocycles. The molecule has 0 aliphatic heterocycles. The number of hydrogen-bond acceptors (Lipinski definition) is 5. The molecule has 2 rings (SSSR count). The zero-order valence-electron chi connectivity index (χ0n) is 16.7. The predicted molar refractivity (Wildman–Crippen MR) is 125 cm³/mol. The first kappa shape index (κ1) is 23.6. The van der Waals surface area contributed by atoms with Gasteiger partial charge in [0.25, 0.3) is 0 Å². The highest BCUT2D eigenvalue weighted by Gasteiger charge is 2.14. The summed E-state index contributed by atoms with van der Waals surface area (Å²) in [5.41, 5.74) is 2.36. The zero-order valence-corrected chi connectivity index (χ0v) is 19.8. The van der Waals surface area contributed by atoms with Crippen LogP contribution in [0.3, 0.4) is 0 Å². The molecule has 2 aromatic rings. The number of methoxy groups -OCH3 is 1. The number of nitrogens with one attached hydrogen (secondary N) is 2. The molecule has 1 unspecified atom stereocenters. The summed E-state index contributed by atoms with van der Waals surface area (Å²) in [6, 6.07) is 8.43. The lowest BCUT2D eigenvalue weighted by molar-refractivity contribution is 0.298. The fourth-order valence-electron chi connectivity index (χ4n) is 2.67. The van der Waals surface area contributed by atoms with E-state index in [1.807, 2.05) is 19.1 Å². The summed E-state index contributed by atoms with van der Waals surface area (Å²) in [5.74, 6) is 1.67. The SMILES string of the molecule is CN=C(NCCc1csc(C)n1)NCC(c1ccc(OC)cc1)N(C)C.I. The highest BCUT2D eigenvalue weighted by molar-refractivity contribution is 14.0. The van der Waals surface area contributed by atoms with Gasteiger partial charge >= 0.3 is 0 Å². The van der Waals surface area contributed by atoms with Gasteiger partial charge in [0.1, 0.15) is 5.75 Å². The number of hydrogen-bond donors (Lipinski definition) is 2. The van der Waals surface area contributed by atoms with Crippen LogP contribution in [0.15, 0.2) is 34.6 Å². The van der Waals surface area contributed by atoms with E-state index in [9.17, 15) is 0 Å². The van der Waals surface area contributed by atoms with Crippen molar-refractivity contribution >= 4 is 41.3 Å². The fraction of sp³-hybridized carbons (Fsp3) is 0.474. The number of benzene rings is 1. The van der Waals surface area contributed by atoms with Gasteiger partial charge in [-0.05, 0) is 38.7 Å². The first-order chi connectivity index (χ1) is 12.5. The minimum atomic E-state index is 0. The molecular weight excluding hydrogens is 473 g/mol. The van der Waals surface area contributed by atoms with Crippen molar-refractivity contribution in [3.63, 3.8) is 0 Å². The quantitative estimate of drug-likeness (QED) is 0.330. The summed E-state index contributed by atoms with van der Waals surface area (Å²) in [4.78, 5) is 11.0. The molecule has 27 heavy (non-hydrogen) atoms. The van der Waals surface area contributed by atoms with Gasteiger partial charge in [0, 0.05) is 31.9 Å². The lowest BCUT2D eigenvalue weighted by Crippen LogP contribution is -2.42. The number of rotatable bonds is 8. The van der Waals surface area contributed by atoms with Crippen LogP contribution in [0.2, 0.25) is 0 Å². The third kappa shape index (κ3) is 7.63. The molecule has 0 bridgehead atoms. The van der Waals surface area contributed by atoms with Gasteiger partial charge in [0.2, 0.25) is 0 Å². The van der Waals surface area contributed by atoms with Crippen LogP contribution in [0.1, 0.15) is 22.3 Å². The van der Waals surface area contributed by atoms with Crippen LogP contribution in [-0.2, 0) is 6.42 Å². The second-order valence-electron chi connectivity index (χ2n) is 6.24. The van der Waals surface area contributed by atoms with Crippen LogP contribution in [0, 0.1) is 6.92 Å². The second-order valence-corrected chi connectivity index (χ2v) is 7.30. The van der Waals surface area contributed by atoms with E-state index >= 15 is 0 Å². The van der Waals surface area contributed by atoms with E-state index in [0.29, 0.717) is 0 Å². The van der Waals surface area contributed by atoms with Gasteiger partial charge in [-0.15, -0.1) is 35.3 Å². The van der Waals surface area contributed by atoms with Gasteiger partial charge in [-0.1, -0.05) is 12.1 Å². The maximum absolute atomic E-state index is 5.24. The molecule has 0 aliphatic carbocycles. The molecule has 0 saturated carbocycles. The number of ether oxygens (including phenoxy) is 1. The third-order valence-electron chi connectivity index (χ3n) is 4.15. The Morgan fingerprint density at radius 3 is 2.48 bits per heavy atom. The van der Waals surface area contributed by atoms with Crippen molar-refractivity contribution in [3.05, 3.63) is 45.9 Å². The second kappa shape index (κ2) is 12.1. The molecule has 1 atom stereocenters. The first-order valence-electron chi connectivity index (χ1n) is 8.69. The van der Waals surface area contributed by atoms with Crippen LogP contribution in [-0.4, -0.2) is 57.2 Å². The number of aliphatic imine (C=N–C) groups is 1. The molecule has 0 aliphatic rings. The monoisotopic (exact) mass is 503 g/mol. The van der Waals surface area contributed by atoms with E-state index in [4.69, 9.17) is 4.74 Å². The summed E-state index contributed by atoms with van der Waals surface area (Å²) in [6.07, 6.45) is 0.890. The van der Waals surface area contributed by atoms with Crippen LogP contribution in [0.4, 0.5) is 0 Å². The molecule has 2 N–H and O–H groups in total. The molecule has 6 nitrogen and oxygen atoms in total. The Morgan fingerprint density at radius 1 is 1.26 bits per heavy atom. The van der Waals surface area contributed by atoms with E-state index in [1.165, 1.54) is 5.56 Å². The van der Waals surface area contributed by atoms with E-state index in [2.05, 4.69) is 57.1 Å². The highest BCUT2D eigenvalue weighted by atomic mass is 127. The van der Waals surface area contributed by atoms with Crippen LogP contribution in [0.5, 0.6) is 5.75 Å². The molecule has 1 aromatic carbocycles. The minimum Gasteiger partial charge on any atom is -0.497 e. The normalized spacial score (nSPS) is 12.4. The Bertz CT molecular complexity index is 702. The van der Waals surface area contributed by atoms with Crippen molar-refractivity contribution < 1.29 is 4.74 Å². The van der Waals surface area contributed by atoms with Crippen LogP contribution in [0.25, 0.3) is 0 Å². The topological polar surface area (TPSA) is 61.8 Å². The van der Waals surface area contributed by atoms with Crippen molar-refractivity contribution in [3.8, 4) is 5.75 Å². The minimum absolute atomic E-state index is 0. The third-order valence-corrected chi connectivity index (χ3v) is 4.97. The summed E-state index contributed by atoms with van der Waals surface area (Å²) >= 11 is 1.69. The van der Waals surface area contributed by atoms with E-state index in [0.717, 1.165) is 41.9 Å². The molecule has 0 saturated heterocycles.